The largest absolute Gasteiger partial charge is 0.497 e. The van der Waals surface area contributed by atoms with Gasteiger partial charge in [0.05, 0.1) is 39.8 Å². The van der Waals surface area contributed by atoms with E-state index < -0.39 is 18.2 Å². The van der Waals surface area contributed by atoms with Gasteiger partial charge < -0.3 is 45.1 Å². The van der Waals surface area contributed by atoms with Gasteiger partial charge in [-0.15, -0.1) is 0 Å². The van der Waals surface area contributed by atoms with E-state index in [2.05, 4.69) is 16.0 Å². The first-order valence-corrected chi connectivity index (χ1v) is 14.7. The average molecular weight is 620 g/mol. The number of ether oxygens (including phenoxy) is 3. The Bertz CT molecular complexity index is 1470. The minimum Gasteiger partial charge on any atom is -0.497 e. The number of anilines is 3. The molecule has 45 heavy (non-hydrogen) atoms. The van der Waals surface area contributed by atoms with Crippen LogP contribution in [0.15, 0.2) is 66.7 Å². The van der Waals surface area contributed by atoms with Crippen LogP contribution in [0.1, 0.15) is 19.4 Å². The summed E-state index contributed by atoms with van der Waals surface area (Å²) >= 11 is 0. The lowest BCUT2D eigenvalue weighted by Crippen LogP contribution is -2.48. The number of aliphatic hydroxyl groups excluding tert-OH is 1. The van der Waals surface area contributed by atoms with Crippen molar-refractivity contribution in [1.29, 1.82) is 0 Å². The highest BCUT2D eigenvalue weighted by molar-refractivity contribution is 6.00. The van der Waals surface area contributed by atoms with Gasteiger partial charge in [0.1, 0.15) is 23.4 Å². The molecule has 0 spiro atoms. The van der Waals surface area contributed by atoms with Crippen LogP contribution in [0.4, 0.5) is 26.7 Å². The number of fused-ring (bicyclic) bond motifs is 1. The monoisotopic (exact) mass is 619 g/mol. The van der Waals surface area contributed by atoms with Crippen LogP contribution in [0.3, 0.4) is 0 Å². The minimum atomic E-state index is -0.494. The van der Waals surface area contributed by atoms with Crippen LogP contribution in [0, 0.1) is 5.92 Å². The second-order valence-corrected chi connectivity index (χ2v) is 11.1. The molecule has 0 unspecified atom stereocenters. The van der Waals surface area contributed by atoms with Crippen molar-refractivity contribution in [1.82, 2.24) is 9.80 Å². The SMILES string of the molecule is COc1ccc(NC(=O)Nc2ccc3c(c2)CC(=O)N([C@H](C)CO)C[C@@H](C)[C@H](CN(C)C(=O)Nc2ccc(OC)cc2)O3)cc1. The number of aliphatic hydroxyl groups is 1. The van der Waals surface area contributed by atoms with Gasteiger partial charge in [-0.2, -0.15) is 0 Å². The summed E-state index contributed by atoms with van der Waals surface area (Å²) < 4.78 is 16.8. The van der Waals surface area contributed by atoms with E-state index in [9.17, 15) is 19.5 Å². The van der Waals surface area contributed by atoms with Gasteiger partial charge in [-0.1, -0.05) is 6.92 Å². The Balaban J connectivity index is 1.53. The Labute approximate surface area is 263 Å². The highest BCUT2D eigenvalue weighted by atomic mass is 16.5. The number of hydrogen-bond acceptors (Lipinski definition) is 7. The summed E-state index contributed by atoms with van der Waals surface area (Å²) in [4.78, 5) is 42.5. The summed E-state index contributed by atoms with van der Waals surface area (Å²) in [7, 11) is 4.82. The fourth-order valence-corrected chi connectivity index (χ4v) is 4.94. The van der Waals surface area contributed by atoms with Crippen molar-refractivity contribution >= 4 is 35.0 Å². The maximum atomic E-state index is 13.5. The zero-order chi connectivity index (χ0) is 32.5. The van der Waals surface area contributed by atoms with Crippen molar-refractivity contribution in [2.75, 3.05) is 56.9 Å². The molecule has 240 valence electrons. The summed E-state index contributed by atoms with van der Waals surface area (Å²) in [5.74, 6) is 1.45. The molecule has 1 heterocycles. The Hall–Kier alpha value is -4.97. The number of hydrogen-bond donors (Lipinski definition) is 4. The van der Waals surface area contributed by atoms with Crippen molar-refractivity contribution < 1.29 is 33.7 Å². The highest BCUT2D eigenvalue weighted by Gasteiger charge is 2.32. The Morgan fingerprint density at radius 1 is 0.956 bits per heavy atom. The topological polar surface area (TPSA) is 142 Å². The van der Waals surface area contributed by atoms with Crippen LogP contribution >= 0.6 is 0 Å². The predicted octanol–water partition coefficient (Wildman–Crippen LogP) is 4.66. The van der Waals surface area contributed by atoms with Crippen molar-refractivity contribution in [3.8, 4) is 17.2 Å². The van der Waals surface area contributed by atoms with Crippen molar-refractivity contribution in [2.24, 2.45) is 5.92 Å². The van der Waals surface area contributed by atoms with Crippen LogP contribution in [0.25, 0.3) is 0 Å². The van der Waals surface area contributed by atoms with E-state index in [1.54, 1.807) is 99.8 Å². The van der Waals surface area contributed by atoms with Crippen LogP contribution < -0.4 is 30.2 Å². The van der Waals surface area contributed by atoms with Gasteiger partial charge in [0.25, 0.3) is 0 Å². The number of nitrogens with zero attached hydrogens (tertiary/aromatic N) is 2. The molecular weight excluding hydrogens is 578 g/mol. The summed E-state index contributed by atoms with van der Waals surface area (Å²) in [6, 6.07) is 17.9. The maximum absolute atomic E-state index is 13.5. The van der Waals surface area contributed by atoms with Crippen molar-refractivity contribution in [3.63, 3.8) is 0 Å². The molecule has 4 rings (SSSR count). The van der Waals surface area contributed by atoms with Crippen LogP contribution in [-0.4, -0.2) is 86.0 Å². The fourth-order valence-electron chi connectivity index (χ4n) is 4.94. The molecule has 1 aliphatic heterocycles. The van der Waals surface area contributed by atoms with Gasteiger partial charge in [0, 0.05) is 42.1 Å². The van der Waals surface area contributed by atoms with Gasteiger partial charge in [-0.05, 0) is 73.7 Å². The first kappa shape index (κ1) is 32.9. The molecule has 5 amide bonds. The molecule has 3 aromatic carbocycles. The highest BCUT2D eigenvalue weighted by Crippen LogP contribution is 2.29. The normalized spacial score (nSPS) is 16.9. The minimum absolute atomic E-state index is 0.00251. The molecule has 3 atom stereocenters. The lowest BCUT2D eigenvalue weighted by atomic mass is 10.0. The summed E-state index contributed by atoms with van der Waals surface area (Å²) in [6.07, 6.45) is -0.491. The molecule has 12 nitrogen and oxygen atoms in total. The van der Waals surface area contributed by atoms with Gasteiger partial charge >= 0.3 is 12.1 Å². The van der Waals surface area contributed by atoms with Gasteiger partial charge in [-0.3, -0.25) is 4.79 Å². The van der Waals surface area contributed by atoms with E-state index in [4.69, 9.17) is 14.2 Å². The van der Waals surface area contributed by atoms with E-state index >= 15 is 0 Å². The van der Waals surface area contributed by atoms with Crippen LogP contribution in [-0.2, 0) is 11.2 Å². The van der Waals surface area contributed by atoms with E-state index in [0.717, 1.165) is 0 Å². The van der Waals surface area contributed by atoms with E-state index in [0.29, 0.717) is 46.4 Å². The molecule has 0 saturated heterocycles. The second-order valence-electron chi connectivity index (χ2n) is 11.1. The number of likely N-dealkylation sites (N-methyl/N-ethyl adjacent to an activating group) is 1. The zero-order valence-electron chi connectivity index (χ0n) is 26.2. The molecule has 0 aromatic heterocycles. The van der Waals surface area contributed by atoms with E-state index in [1.807, 2.05) is 6.92 Å². The first-order valence-electron chi connectivity index (χ1n) is 14.7. The van der Waals surface area contributed by atoms with Gasteiger partial charge in [0.2, 0.25) is 5.91 Å². The quantitative estimate of drug-likeness (QED) is 0.273. The number of carbonyl (C=O) groups is 3. The van der Waals surface area contributed by atoms with Crippen molar-refractivity contribution in [2.45, 2.75) is 32.4 Å². The van der Waals surface area contributed by atoms with Gasteiger partial charge in [0.15, 0.2) is 0 Å². The molecule has 0 fully saturated rings. The smallest absolute Gasteiger partial charge is 0.323 e. The Morgan fingerprint density at radius 3 is 2.09 bits per heavy atom. The Kier molecular flexibility index (Phi) is 11.1. The van der Waals surface area contributed by atoms with E-state index in [1.165, 1.54) is 4.90 Å². The zero-order valence-corrected chi connectivity index (χ0v) is 26.2. The standard InChI is InChI=1S/C33H41N5O7/c1-21-18-38(22(2)20-39)31(40)17-23-16-26(35-32(41)34-24-6-11-27(43-4)12-7-24)10-15-29(23)45-30(21)19-37(3)33(42)36-25-8-13-28(44-5)14-9-25/h6-16,21-22,30,39H,17-20H2,1-5H3,(H,36,42)(H2,34,35,41)/t21-,22-,30+/m1/s1. The number of carbonyl (C=O) groups excluding carboxylic acids is 3. The summed E-state index contributed by atoms with van der Waals surface area (Å²) in [5, 5.41) is 18.4. The molecule has 0 saturated carbocycles. The molecule has 4 N–H and O–H groups in total. The first-order chi connectivity index (χ1) is 21.6. The molecule has 0 radical (unpaired) electrons. The maximum Gasteiger partial charge on any atom is 0.323 e. The number of urea groups is 2. The molecular formula is C33H41N5O7. The Morgan fingerprint density at radius 2 is 1.51 bits per heavy atom. The predicted molar refractivity (Wildman–Crippen MR) is 172 cm³/mol. The lowest BCUT2D eigenvalue weighted by molar-refractivity contribution is -0.134. The number of benzene rings is 3. The summed E-state index contributed by atoms with van der Waals surface area (Å²) in [6.45, 7) is 4.09. The molecule has 0 aliphatic carbocycles. The molecule has 12 heteroatoms. The van der Waals surface area contributed by atoms with Crippen LogP contribution in [0.5, 0.6) is 17.2 Å². The number of rotatable bonds is 9. The molecule has 0 bridgehead atoms. The fraction of sp³-hybridized carbons (Fsp3) is 0.364. The number of amides is 5. The summed E-state index contributed by atoms with van der Waals surface area (Å²) in [5.41, 5.74) is 2.24. The van der Waals surface area contributed by atoms with Crippen LogP contribution in [0.2, 0.25) is 0 Å². The third kappa shape index (κ3) is 8.79. The van der Waals surface area contributed by atoms with E-state index in [-0.39, 0.29) is 37.4 Å². The van der Waals surface area contributed by atoms with Crippen molar-refractivity contribution in [3.05, 3.63) is 72.3 Å². The number of methoxy groups -OCH3 is 2. The second kappa shape index (κ2) is 15.2. The lowest BCUT2D eigenvalue weighted by Gasteiger charge is -2.34. The molecule has 3 aromatic rings. The van der Waals surface area contributed by atoms with Gasteiger partial charge in [-0.25, -0.2) is 9.59 Å². The third-order valence-electron chi connectivity index (χ3n) is 7.66. The molecule has 1 aliphatic rings. The number of nitrogens with one attached hydrogen (secondary N) is 3. The average Bonchev–Trinajstić information content (AvgIpc) is 3.08. The third-order valence-corrected chi connectivity index (χ3v) is 7.66.